The van der Waals surface area contributed by atoms with E-state index in [0.29, 0.717) is 5.75 Å². The van der Waals surface area contributed by atoms with Gasteiger partial charge < -0.3 is 18.6 Å². The van der Waals surface area contributed by atoms with Crippen molar-refractivity contribution in [3.63, 3.8) is 0 Å². The zero-order valence-corrected chi connectivity index (χ0v) is 15.3. The van der Waals surface area contributed by atoms with Crippen LogP contribution in [0.4, 0.5) is 13.2 Å². The van der Waals surface area contributed by atoms with Crippen LogP contribution in [-0.2, 0) is 11.0 Å². The van der Waals surface area contributed by atoms with Crippen LogP contribution in [0.5, 0.6) is 23.0 Å². The van der Waals surface area contributed by atoms with E-state index in [9.17, 15) is 22.8 Å². The Kier molecular flexibility index (Phi) is 5.49. The molecule has 0 spiro atoms. The highest BCUT2D eigenvalue weighted by molar-refractivity contribution is 5.80. The van der Waals surface area contributed by atoms with Gasteiger partial charge in [-0.3, -0.25) is 9.59 Å². The van der Waals surface area contributed by atoms with Crippen LogP contribution in [0.3, 0.4) is 0 Å². The number of halogens is 3. The van der Waals surface area contributed by atoms with Gasteiger partial charge in [0.2, 0.25) is 11.2 Å². The number of methoxy groups -OCH3 is 1. The number of alkyl halides is 3. The summed E-state index contributed by atoms with van der Waals surface area (Å²) in [7, 11) is 1.39. The highest BCUT2D eigenvalue weighted by atomic mass is 19.4. The quantitative estimate of drug-likeness (QED) is 0.594. The zero-order chi connectivity index (χ0) is 21.2. The molecule has 0 radical (unpaired) electrons. The molecule has 29 heavy (non-hydrogen) atoms. The van der Waals surface area contributed by atoms with Gasteiger partial charge in [0.15, 0.2) is 5.78 Å². The summed E-state index contributed by atoms with van der Waals surface area (Å²) in [6.07, 6.45) is -4.99. The molecule has 0 aliphatic carbocycles. The van der Waals surface area contributed by atoms with Crippen LogP contribution in [-0.4, -0.2) is 19.5 Å². The summed E-state index contributed by atoms with van der Waals surface area (Å²) >= 11 is 0. The van der Waals surface area contributed by atoms with Crippen LogP contribution < -0.4 is 19.6 Å². The molecule has 9 heteroatoms. The van der Waals surface area contributed by atoms with Gasteiger partial charge in [0.05, 0.1) is 12.5 Å². The molecular formula is C20H15F3O6. The molecule has 0 atom stereocenters. The number of hydrogen-bond acceptors (Lipinski definition) is 6. The van der Waals surface area contributed by atoms with Crippen molar-refractivity contribution in [1.82, 2.24) is 0 Å². The van der Waals surface area contributed by atoms with Gasteiger partial charge in [0.25, 0.3) is 5.76 Å². The summed E-state index contributed by atoms with van der Waals surface area (Å²) in [4.78, 5) is 23.7. The van der Waals surface area contributed by atoms with E-state index >= 15 is 0 Å². The number of ketones is 1. The minimum Gasteiger partial charge on any atom is -0.497 e. The third-order valence-corrected chi connectivity index (χ3v) is 3.78. The Morgan fingerprint density at radius 1 is 1.07 bits per heavy atom. The number of fused-ring (bicyclic) bond motifs is 1. The van der Waals surface area contributed by atoms with Gasteiger partial charge in [-0.05, 0) is 31.2 Å². The Balaban J connectivity index is 2.12. The monoisotopic (exact) mass is 408 g/mol. The van der Waals surface area contributed by atoms with Crippen LogP contribution in [0.15, 0.2) is 51.7 Å². The lowest BCUT2D eigenvalue weighted by molar-refractivity contribution is -0.154. The van der Waals surface area contributed by atoms with Crippen molar-refractivity contribution in [2.24, 2.45) is 0 Å². The highest BCUT2D eigenvalue weighted by Gasteiger charge is 2.40. The molecule has 0 bridgehead atoms. The number of carbonyl (C=O) groups excluding carboxylic acids is 1. The first kappa shape index (κ1) is 20.2. The molecule has 1 aromatic heterocycles. The van der Waals surface area contributed by atoms with Crippen LogP contribution in [0, 0.1) is 0 Å². The van der Waals surface area contributed by atoms with E-state index in [4.69, 9.17) is 18.6 Å². The van der Waals surface area contributed by atoms with Crippen molar-refractivity contribution in [2.45, 2.75) is 13.1 Å². The molecule has 0 saturated heterocycles. The van der Waals surface area contributed by atoms with Crippen LogP contribution in [0.2, 0.25) is 0 Å². The van der Waals surface area contributed by atoms with E-state index in [1.54, 1.807) is 6.07 Å². The predicted octanol–water partition coefficient (Wildman–Crippen LogP) is 4.58. The Bertz CT molecular complexity index is 1120. The Hall–Kier alpha value is -3.49. The normalized spacial score (nSPS) is 11.3. The number of Topliss-reactive ketones (excluding diaryl/α,β-unsaturated/α-hetero) is 1. The van der Waals surface area contributed by atoms with Crippen molar-refractivity contribution in [3.8, 4) is 23.0 Å². The fraction of sp³-hybridized carbons (Fsp3) is 0.200. The minimum absolute atomic E-state index is 0.0251. The standard InChI is InChI=1S/C20H15F3O6/c1-11(24)10-27-13-6-7-15-16(9-13)29-19(20(21,22)23)18(17(15)25)28-14-5-3-4-12(8-14)26-2/h3-9H,10H2,1-2H3. The van der Waals surface area contributed by atoms with Gasteiger partial charge in [0.1, 0.15) is 29.4 Å². The predicted molar refractivity (Wildman–Crippen MR) is 96.7 cm³/mol. The molecule has 1 heterocycles. The maximum Gasteiger partial charge on any atom is 0.453 e. The van der Waals surface area contributed by atoms with Crippen LogP contribution in [0.25, 0.3) is 11.0 Å². The molecule has 0 saturated carbocycles. The van der Waals surface area contributed by atoms with E-state index in [0.717, 1.165) is 6.07 Å². The van der Waals surface area contributed by atoms with Gasteiger partial charge >= 0.3 is 6.18 Å². The van der Waals surface area contributed by atoms with Crippen LogP contribution >= 0.6 is 0 Å². The van der Waals surface area contributed by atoms with Crippen molar-refractivity contribution in [3.05, 3.63) is 58.4 Å². The second kappa shape index (κ2) is 7.86. The second-order valence-electron chi connectivity index (χ2n) is 6.02. The van der Waals surface area contributed by atoms with Gasteiger partial charge in [-0.15, -0.1) is 0 Å². The van der Waals surface area contributed by atoms with Gasteiger partial charge in [-0.25, -0.2) is 0 Å². The average Bonchev–Trinajstić information content (AvgIpc) is 2.67. The summed E-state index contributed by atoms with van der Waals surface area (Å²) in [5.74, 6) is -2.44. The van der Waals surface area contributed by atoms with Gasteiger partial charge in [0, 0.05) is 12.1 Å². The minimum atomic E-state index is -4.99. The molecule has 0 N–H and O–H groups in total. The van der Waals surface area contributed by atoms with E-state index in [-0.39, 0.29) is 34.9 Å². The Labute approximate surface area is 162 Å². The smallest absolute Gasteiger partial charge is 0.453 e. The Morgan fingerprint density at radius 3 is 2.45 bits per heavy atom. The van der Waals surface area contributed by atoms with Gasteiger partial charge in [-0.2, -0.15) is 13.2 Å². The zero-order valence-electron chi connectivity index (χ0n) is 15.3. The first-order valence-electron chi connectivity index (χ1n) is 8.31. The fourth-order valence-corrected chi connectivity index (χ4v) is 2.49. The summed E-state index contributed by atoms with van der Waals surface area (Å²) in [6.45, 7) is 1.03. The topological polar surface area (TPSA) is 75.0 Å². The maximum atomic E-state index is 13.5. The van der Waals surface area contributed by atoms with E-state index in [1.165, 1.54) is 44.4 Å². The van der Waals surface area contributed by atoms with E-state index in [1.807, 2.05) is 0 Å². The third kappa shape index (κ3) is 4.50. The molecule has 0 aliphatic heterocycles. The number of benzene rings is 2. The average molecular weight is 408 g/mol. The second-order valence-corrected chi connectivity index (χ2v) is 6.02. The number of ether oxygens (including phenoxy) is 3. The first-order valence-corrected chi connectivity index (χ1v) is 8.31. The molecule has 0 amide bonds. The first-order chi connectivity index (χ1) is 13.7. The lowest BCUT2D eigenvalue weighted by atomic mass is 10.2. The van der Waals surface area contributed by atoms with E-state index < -0.39 is 23.1 Å². The van der Waals surface area contributed by atoms with Gasteiger partial charge in [-0.1, -0.05) is 6.07 Å². The third-order valence-electron chi connectivity index (χ3n) is 3.78. The lowest BCUT2D eigenvalue weighted by Gasteiger charge is -2.14. The lowest BCUT2D eigenvalue weighted by Crippen LogP contribution is -2.15. The van der Waals surface area contributed by atoms with E-state index in [2.05, 4.69) is 0 Å². The summed E-state index contributed by atoms with van der Waals surface area (Å²) in [6, 6.07) is 9.50. The molecule has 0 aliphatic rings. The molecule has 3 aromatic rings. The number of hydrogen-bond donors (Lipinski definition) is 0. The molecule has 152 valence electrons. The molecule has 0 unspecified atom stereocenters. The molecule has 3 rings (SSSR count). The summed E-state index contributed by atoms with van der Waals surface area (Å²) in [5.41, 5.74) is -1.35. The largest absolute Gasteiger partial charge is 0.497 e. The maximum absolute atomic E-state index is 13.5. The molecular weight excluding hydrogens is 393 g/mol. The molecule has 6 nitrogen and oxygen atoms in total. The summed E-state index contributed by atoms with van der Waals surface area (Å²) < 4.78 is 61.0. The van der Waals surface area contributed by atoms with Crippen LogP contribution in [0.1, 0.15) is 12.7 Å². The van der Waals surface area contributed by atoms with Crippen molar-refractivity contribution in [1.29, 1.82) is 0 Å². The molecule has 0 fully saturated rings. The molecule has 2 aromatic carbocycles. The van der Waals surface area contributed by atoms with Crippen molar-refractivity contribution < 1.29 is 36.6 Å². The number of rotatable bonds is 6. The summed E-state index contributed by atoms with van der Waals surface area (Å²) in [5, 5.41) is -0.133. The highest BCUT2D eigenvalue weighted by Crippen LogP contribution is 2.39. The SMILES string of the molecule is COc1cccc(Oc2c(C(F)(F)F)oc3cc(OCC(C)=O)ccc3c2=O)c1. The van der Waals surface area contributed by atoms with Crippen molar-refractivity contribution >= 4 is 16.8 Å². The van der Waals surface area contributed by atoms with Crippen molar-refractivity contribution in [2.75, 3.05) is 13.7 Å². The Morgan fingerprint density at radius 2 is 1.79 bits per heavy atom. The number of carbonyl (C=O) groups is 1. The fourth-order valence-electron chi connectivity index (χ4n) is 2.49.